The second-order valence-electron chi connectivity index (χ2n) is 6.54. The van der Waals surface area contributed by atoms with Crippen LogP contribution in [0, 0.1) is 20.8 Å². The number of amides is 1. The molecule has 0 unspecified atom stereocenters. The molecule has 0 spiro atoms. The molecule has 2 aromatic carbocycles. The van der Waals surface area contributed by atoms with Crippen LogP contribution in [0.4, 0.5) is 5.69 Å². The Morgan fingerprint density at radius 2 is 1.81 bits per heavy atom. The summed E-state index contributed by atoms with van der Waals surface area (Å²) in [6, 6.07) is 14.8. The summed E-state index contributed by atoms with van der Waals surface area (Å²) in [5.41, 5.74) is 5.17. The lowest BCUT2D eigenvalue weighted by Gasteiger charge is -2.11. The first-order valence-electron chi connectivity index (χ1n) is 8.55. The van der Waals surface area contributed by atoms with Crippen LogP contribution in [0.15, 0.2) is 57.8 Å². The number of rotatable bonds is 4. The summed E-state index contributed by atoms with van der Waals surface area (Å²) < 4.78 is 2.16. The molecule has 0 aliphatic heterocycles. The number of anilines is 1. The van der Waals surface area contributed by atoms with E-state index >= 15 is 0 Å². The minimum atomic E-state index is -0.314. The summed E-state index contributed by atoms with van der Waals surface area (Å²) in [5, 5.41) is 7.20. The zero-order valence-electron chi connectivity index (χ0n) is 15.4. The lowest BCUT2D eigenvalue weighted by molar-refractivity contribution is -0.117. The molecule has 1 amide bonds. The van der Waals surface area contributed by atoms with Crippen LogP contribution in [0.2, 0.25) is 0 Å². The van der Waals surface area contributed by atoms with E-state index in [4.69, 9.17) is 0 Å². The maximum Gasteiger partial charge on any atom is 0.267 e. The molecule has 1 N–H and O–H groups in total. The Labute approximate surface area is 166 Å². The number of carbonyl (C=O) groups is 1. The summed E-state index contributed by atoms with van der Waals surface area (Å²) in [6.07, 6.45) is 0. The van der Waals surface area contributed by atoms with Gasteiger partial charge in [-0.2, -0.15) is 5.10 Å². The molecule has 1 heterocycles. The van der Waals surface area contributed by atoms with Gasteiger partial charge >= 0.3 is 0 Å². The van der Waals surface area contributed by atoms with Crippen LogP contribution in [-0.2, 0) is 11.3 Å². The van der Waals surface area contributed by atoms with E-state index in [1.165, 1.54) is 10.7 Å². The van der Waals surface area contributed by atoms with Crippen molar-refractivity contribution < 1.29 is 4.79 Å². The van der Waals surface area contributed by atoms with Gasteiger partial charge in [-0.25, -0.2) is 4.68 Å². The van der Waals surface area contributed by atoms with E-state index in [0.29, 0.717) is 11.4 Å². The second kappa shape index (κ2) is 7.88. The van der Waals surface area contributed by atoms with Crippen LogP contribution in [0.3, 0.4) is 0 Å². The normalized spacial score (nSPS) is 10.7. The number of nitrogens with one attached hydrogen (secondary N) is 1. The Kier molecular flexibility index (Phi) is 5.56. The quantitative estimate of drug-likeness (QED) is 0.679. The third-order valence-electron chi connectivity index (χ3n) is 4.27. The van der Waals surface area contributed by atoms with Gasteiger partial charge in [0.25, 0.3) is 5.56 Å². The van der Waals surface area contributed by atoms with Crippen molar-refractivity contribution in [3.05, 3.63) is 80.0 Å². The van der Waals surface area contributed by atoms with E-state index in [-0.39, 0.29) is 18.0 Å². The average molecular weight is 426 g/mol. The smallest absolute Gasteiger partial charge is 0.267 e. The minimum Gasteiger partial charge on any atom is -0.324 e. The highest BCUT2D eigenvalue weighted by Gasteiger charge is 2.10. The van der Waals surface area contributed by atoms with Crippen molar-refractivity contribution in [2.24, 2.45) is 0 Å². The largest absolute Gasteiger partial charge is 0.324 e. The Hall–Kier alpha value is -2.73. The van der Waals surface area contributed by atoms with Crippen molar-refractivity contribution in [1.82, 2.24) is 9.78 Å². The third-order valence-corrected chi connectivity index (χ3v) is 5.16. The van der Waals surface area contributed by atoms with Gasteiger partial charge in [0.15, 0.2) is 0 Å². The highest BCUT2D eigenvalue weighted by molar-refractivity contribution is 9.10. The Morgan fingerprint density at radius 3 is 2.56 bits per heavy atom. The summed E-state index contributed by atoms with van der Waals surface area (Å²) in [6.45, 7) is 5.80. The predicted octanol–water partition coefficient (Wildman–Crippen LogP) is 4.24. The van der Waals surface area contributed by atoms with Crippen LogP contribution in [0.5, 0.6) is 0 Å². The number of benzene rings is 2. The molecule has 0 aliphatic carbocycles. The predicted molar refractivity (Wildman–Crippen MR) is 111 cm³/mol. The molecule has 6 heteroatoms. The number of hydrogen-bond donors (Lipinski definition) is 1. The van der Waals surface area contributed by atoms with Crippen molar-refractivity contribution in [2.75, 3.05) is 5.32 Å². The highest BCUT2D eigenvalue weighted by Crippen LogP contribution is 2.22. The molecular weight excluding hydrogens is 406 g/mol. The molecule has 27 heavy (non-hydrogen) atoms. The van der Waals surface area contributed by atoms with E-state index in [1.807, 2.05) is 51.1 Å². The van der Waals surface area contributed by atoms with E-state index in [1.54, 1.807) is 12.1 Å². The van der Waals surface area contributed by atoms with Crippen molar-refractivity contribution in [3.63, 3.8) is 0 Å². The molecule has 0 radical (unpaired) electrons. The first kappa shape index (κ1) is 19.0. The van der Waals surface area contributed by atoms with Gasteiger partial charge in [-0.15, -0.1) is 0 Å². The Bertz CT molecular complexity index is 1070. The Balaban J connectivity index is 1.84. The van der Waals surface area contributed by atoms with Gasteiger partial charge in [-0.1, -0.05) is 33.6 Å². The molecule has 5 nitrogen and oxygen atoms in total. The first-order valence-corrected chi connectivity index (χ1v) is 9.34. The van der Waals surface area contributed by atoms with E-state index in [2.05, 4.69) is 26.3 Å². The van der Waals surface area contributed by atoms with Crippen molar-refractivity contribution in [2.45, 2.75) is 27.3 Å². The molecule has 0 bridgehead atoms. The number of halogens is 1. The molecule has 0 saturated heterocycles. The maximum atomic E-state index is 12.4. The lowest BCUT2D eigenvalue weighted by atomic mass is 10.0. The van der Waals surface area contributed by atoms with Crippen LogP contribution in [-0.4, -0.2) is 15.7 Å². The number of hydrogen-bond acceptors (Lipinski definition) is 3. The average Bonchev–Trinajstić information content (AvgIpc) is 2.62. The number of nitrogens with zero attached hydrogens (tertiary/aromatic N) is 2. The SMILES string of the molecule is Cc1ccc(C)c(-c2ccc(=O)n(CC(=O)Nc3ccc(Br)c(C)c3)n2)c1. The van der Waals surface area contributed by atoms with Gasteiger partial charge in [0.1, 0.15) is 6.54 Å². The zero-order chi connectivity index (χ0) is 19.6. The topological polar surface area (TPSA) is 64.0 Å². The minimum absolute atomic E-state index is 0.146. The second-order valence-corrected chi connectivity index (χ2v) is 7.40. The van der Waals surface area contributed by atoms with Gasteiger partial charge in [-0.3, -0.25) is 9.59 Å². The number of carbonyl (C=O) groups excluding carboxylic acids is 1. The molecule has 3 aromatic rings. The molecule has 0 saturated carbocycles. The molecule has 3 rings (SSSR count). The molecule has 1 aromatic heterocycles. The van der Waals surface area contributed by atoms with Crippen LogP contribution in [0.25, 0.3) is 11.3 Å². The van der Waals surface area contributed by atoms with Crippen molar-refractivity contribution >= 4 is 27.5 Å². The van der Waals surface area contributed by atoms with Gasteiger partial charge in [0, 0.05) is 21.8 Å². The fourth-order valence-corrected chi connectivity index (χ4v) is 3.02. The summed E-state index contributed by atoms with van der Waals surface area (Å²) in [5.74, 6) is -0.301. The first-order chi connectivity index (χ1) is 12.8. The summed E-state index contributed by atoms with van der Waals surface area (Å²) >= 11 is 3.43. The monoisotopic (exact) mass is 425 g/mol. The Morgan fingerprint density at radius 1 is 1.04 bits per heavy atom. The van der Waals surface area contributed by atoms with Gasteiger partial charge in [0.05, 0.1) is 5.69 Å². The standard InChI is InChI=1S/C21H20BrN3O2/c1-13-4-5-14(2)17(10-13)19-8-9-21(27)25(24-19)12-20(26)23-16-6-7-18(22)15(3)11-16/h4-11H,12H2,1-3H3,(H,23,26). The highest BCUT2D eigenvalue weighted by atomic mass is 79.9. The molecule has 0 atom stereocenters. The molecule has 0 aliphatic rings. The van der Waals surface area contributed by atoms with Crippen LogP contribution >= 0.6 is 15.9 Å². The summed E-state index contributed by atoms with van der Waals surface area (Å²) in [4.78, 5) is 24.5. The fraction of sp³-hybridized carbons (Fsp3) is 0.190. The molecular formula is C21H20BrN3O2. The maximum absolute atomic E-state index is 12.4. The molecule has 0 fully saturated rings. The van der Waals surface area contributed by atoms with Crippen molar-refractivity contribution in [3.8, 4) is 11.3 Å². The van der Waals surface area contributed by atoms with Crippen LogP contribution in [0.1, 0.15) is 16.7 Å². The summed E-state index contributed by atoms with van der Waals surface area (Å²) in [7, 11) is 0. The lowest BCUT2D eigenvalue weighted by Crippen LogP contribution is -2.29. The van der Waals surface area contributed by atoms with Gasteiger partial charge < -0.3 is 5.32 Å². The van der Waals surface area contributed by atoms with Crippen LogP contribution < -0.4 is 10.9 Å². The zero-order valence-corrected chi connectivity index (χ0v) is 17.0. The molecule has 138 valence electrons. The fourth-order valence-electron chi connectivity index (χ4n) is 2.78. The van der Waals surface area contributed by atoms with E-state index in [0.717, 1.165) is 26.7 Å². The number of aromatic nitrogens is 2. The number of aryl methyl sites for hydroxylation is 3. The van der Waals surface area contributed by atoms with Gasteiger partial charge in [-0.05, 0) is 62.2 Å². The van der Waals surface area contributed by atoms with E-state index in [9.17, 15) is 9.59 Å². The van der Waals surface area contributed by atoms with E-state index < -0.39 is 0 Å². The third kappa shape index (κ3) is 4.52. The van der Waals surface area contributed by atoms with Gasteiger partial charge in [0.2, 0.25) is 5.91 Å². The van der Waals surface area contributed by atoms with Crippen molar-refractivity contribution in [1.29, 1.82) is 0 Å².